The van der Waals surface area contributed by atoms with E-state index in [9.17, 15) is 19.7 Å². The number of anilines is 1. The molecule has 3 rings (SSSR count). The second-order valence-electron chi connectivity index (χ2n) is 6.34. The Balaban J connectivity index is 1.80. The molecule has 0 radical (unpaired) electrons. The molecule has 0 saturated heterocycles. The first kappa shape index (κ1) is 20.0. The number of hydrogen-bond acceptors (Lipinski definition) is 7. The zero-order chi connectivity index (χ0) is 20.6. The largest absolute Gasteiger partial charge is 0.320 e. The van der Waals surface area contributed by atoms with Crippen LogP contribution in [0, 0.1) is 30.9 Å². The first-order valence-electron chi connectivity index (χ1n) is 8.33. The highest BCUT2D eigenvalue weighted by atomic mass is 32.2. The van der Waals surface area contributed by atoms with E-state index in [2.05, 4.69) is 10.3 Å². The molecule has 1 aromatic carbocycles. The van der Waals surface area contributed by atoms with Gasteiger partial charge in [0.15, 0.2) is 5.16 Å². The summed E-state index contributed by atoms with van der Waals surface area (Å²) in [5.41, 5.74) is 1.49. The summed E-state index contributed by atoms with van der Waals surface area (Å²) in [6.07, 6.45) is 0. The van der Waals surface area contributed by atoms with Crippen molar-refractivity contribution in [2.24, 2.45) is 7.05 Å². The maximum absolute atomic E-state index is 12.6. The summed E-state index contributed by atoms with van der Waals surface area (Å²) in [6, 6.07) is 4.60. The van der Waals surface area contributed by atoms with Crippen LogP contribution in [-0.2, 0) is 11.8 Å². The van der Waals surface area contributed by atoms with Crippen molar-refractivity contribution >= 4 is 50.6 Å². The van der Waals surface area contributed by atoms with Gasteiger partial charge in [0.2, 0.25) is 5.91 Å². The normalized spacial score (nSPS) is 11.0. The topological polar surface area (TPSA) is 107 Å². The highest BCUT2D eigenvalue weighted by Crippen LogP contribution is 2.29. The van der Waals surface area contributed by atoms with E-state index in [4.69, 9.17) is 0 Å². The Morgan fingerprint density at radius 1 is 1.36 bits per heavy atom. The van der Waals surface area contributed by atoms with Crippen molar-refractivity contribution in [2.75, 3.05) is 11.1 Å². The van der Waals surface area contributed by atoms with Crippen LogP contribution in [0.25, 0.3) is 10.2 Å². The molecular weight excluding hydrogens is 400 g/mol. The second kappa shape index (κ2) is 7.72. The van der Waals surface area contributed by atoms with Gasteiger partial charge in [0.05, 0.1) is 16.1 Å². The van der Waals surface area contributed by atoms with Crippen molar-refractivity contribution < 1.29 is 9.72 Å². The average Bonchev–Trinajstić information content (AvgIpc) is 2.92. The third kappa shape index (κ3) is 3.78. The van der Waals surface area contributed by atoms with Gasteiger partial charge in [-0.1, -0.05) is 17.8 Å². The standard InChI is InChI=1S/C18H18N4O4S2/c1-9-5-6-12(13(7-9)22(25)26)19-14(23)8-27-18-20-16-15(17(24)21(18)4)10(2)11(3)28-16/h5-7H,8H2,1-4H3,(H,19,23). The van der Waals surface area contributed by atoms with Crippen LogP contribution in [0.2, 0.25) is 0 Å². The van der Waals surface area contributed by atoms with Crippen LogP contribution in [0.4, 0.5) is 11.4 Å². The van der Waals surface area contributed by atoms with E-state index in [1.54, 1.807) is 20.0 Å². The summed E-state index contributed by atoms with van der Waals surface area (Å²) in [6.45, 7) is 5.58. The van der Waals surface area contributed by atoms with E-state index in [1.165, 1.54) is 28.0 Å². The molecule has 0 atom stereocenters. The van der Waals surface area contributed by atoms with E-state index in [1.807, 2.05) is 13.8 Å². The lowest BCUT2D eigenvalue weighted by atomic mass is 10.2. The Kier molecular flexibility index (Phi) is 5.52. The van der Waals surface area contributed by atoms with E-state index in [-0.39, 0.29) is 22.7 Å². The third-order valence-electron chi connectivity index (χ3n) is 4.33. The monoisotopic (exact) mass is 418 g/mol. The number of nitro benzene ring substituents is 1. The number of hydrogen-bond donors (Lipinski definition) is 1. The lowest BCUT2D eigenvalue weighted by Crippen LogP contribution is -2.21. The SMILES string of the molecule is Cc1ccc(NC(=O)CSc2nc3sc(C)c(C)c3c(=O)n2C)c([N+](=O)[O-])c1. The number of amides is 1. The Morgan fingerprint density at radius 3 is 2.75 bits per heavy atom. The van der Waals surface area contributed by atoms with Crippen LogP contribution >= 0.6 is 23.1 Å². The van der Waals surface area contributed by atoms with Crippen LogP contribution in [0.15, 0.2) is 28.2 Å². The molecule has 1 amide bonds. The number of thioether (sulfide) groups is 1. The molecule has 1 N–H and O–H groups in total. The number of fused-ring (bicyclic) bond motifs is 1. The number of carbonyl (C=O) groups excluding carboxylic acids is 1. The van der Waals surface area contributed by atoms with Gasteiger partial charge in [-0.25, -0.2) is 4.98 Å². The predicted molar refractivity (Wildman–Crippen MR) is 112 cm³/mol. The lowest BCUT2D eigenvalue weighted by Gasteiger charge is -2.08. The van der Waals surface area contributed by atoms with Gasteiger partial charge in [0.1, 0.15) is 10.5 Å². The molecule has 0 spiro atoms. The Morgan fingerprint density at radius 2 is 2.07 bits per heavy atom. The molecule has 0 fully saturated rings. The molecule has 0 unspecified atom stereocenters. The summed E-state index contributed by atoms with van der Waals surface area (Å²) in [7, 11) is 1.62. The summed E-state index contributed by atoms with van der Waals surface area (Å²) in [5, 5.41) is 14.8. The van der Waals surface area contributed by atoms with Gasteiger partial charge in [0, 0.05) is 18.0 Å². The first-order valence-corrected chi connectivity index (χ1v) is 10.1. The predicted octanol–water partition coefficient (Wildman–Crippen LogP) is 3.56. The highest BCUT2D eigenvalue weighted by Gasteiger charge is 2.18. The average molecular weight is 419 g/mol. The fourth-order valence-corrected chi connectivity index (χ4v) is 4.54. The van der Waals surface area contributed by atoms with Gasteiger partial charge >= 0.3 is 0 Å². The van der Waals surface area contributed by atoms with E-state index in [0.29, 0.717) is 15.4 Å². The number of rotatable bonds is 5. The van der Waals surface area contributed by atoms with Crippen LogP contribution in [0.1, 0.15) is 16.0 Å². The molecule has 3 aromatic rings. The number of aryl methyl sites for hydroxylation is 3. The van der Waals surface area contributed by atoms with Crippen molar-refractivity contribution in [3.05, 3.63) is 54.7 Å². The minimum atomic E-state index is -0.531. The third-order valence-corrected chi connectivity index (χ3v) is 6.46. The number of nitro groups is 1. The maximum atomic E-state index is 12.6. The number of aromatic nitrogens is 2. The lowest BCUT2D eigenvalue weighted by molar-refractivity contribution is -0.384. The summed E-state index contributed by atoms with van der Waals surface area (Å²) in [4.78, 5) is 41.7. The molecule has 28 heavy (non-hydrogen) atoms. The molecule has 0 aliphatic rings. The zero-order valence-electron chi connectivity index (χ0n) is 15.7. The minimum absolute atomic E-state index is 0.0276. The quantitative estimate of drug-likeness (QED) is 0.294. The van der Waals surface area contributed by atoms with Crippen LogP contribution in [0.5, 0.6) is 0 Å². The van der Waals surface area contributed by atoms with Crippen LogP contribution in [0.3, 0.4) is 0 Å². The van der Waals surface area contributed by atoms with Crippen molar-refractivity contribution in [2.45, 2.75) is 25.9 Å². The summed E-state index contributed by atoms with van der Waals surface area (Å²) < 4.78 is 1.42. The Hall–Kier alpha value is -2.72. The molecule has 8 nitrogen and oxygen atoms in total. The Labute approximate surface area is 168 Å². The maximum Gasteiger partial charge on any atom is 0.293 e. The zero-order valence-corrected chi connectivity index (χ0v) is 17.4. The fourth-order valence-electron chi connectivity index (χ4n) is 2.70. The molecule has 146 valence electrons. The molecule has 2 aromatic heterocycles. The van der Waals surface area contributed by atoms with Crippen molar-refractivity contribution in [3.8, 4) is 0 Å². The molecule has 10 heteroatoms. The molecular formula is C18H18N4O4S2. The van der Waals surface area contributed by atoms with Gasteiger partial charge < -0.3 is 5.32 Å². The summed E-state index contributed by atoms with van der Waals surface area (Å²) >= 11 is 2.56. The van der Waals surface area contributed by atoms with E-state index in [0.717, 1.165) is 27.8 Å². The van der Waals surface area contributed by atoms with Gasteiger partial charge in [0.25, 0.3) is 11.2 Å². The fraction of sp³-hybridized carbons (Fsp3) is 0.278. The Bertz CT molecular complexity index is 1170. The number of thiophene rings is 1. The summed E-state index contributed by atoms with van der Waals surface area (Å²) in [5.74, 6) is -0.440. The smallest absolute Gasteiger partial charge is 0.293 e. The van der Waals surface area contributed by atoms with Gasteiger partial charge in [-0.2, -0.15) is 0 Å². The van der Waals surface area contributed by atoms with Crippen molar-refractivity contribution in [1.29, 1.82) is 0 Å². The molecule has 0 saturated carbocycles. The highest BCUT2D eigenvalue weighted by molar-refractivity contribution is 7.99. The minimum Gasteiger partial charge on any atom is -0.320 e. The molecule has 2 heterocycles. The van der Waals surface area contributed by atoms with Crippen LogP contribution in [-0.4, -0.2) is 26.1 Å². The van der Waals surface area contributed by atoms with E-state index < -0.39 is 10.8 Å². The van der Waals surface area contributed by atoms with Gasteiger partial charge in [-0.05, 0) is 38.0 Å². The van der Waals surface area contributed by atoms with Crippen LogP contribution < -0.4 is 10.9 Å². The number of benzene rings is 1. The molecule has 0 bridgehead atoms. The molecule has 0 aliphatic heterocycles. The van der Waals surface area contributed by atoms with Gasteiger partial charge in [-0.15, -0.1) is 11.3 Å². The van der Waals surface area contributed by atoms with Crippen molar-refractivity contribution in [3.63, 3.8) is 0 Å². The first-order chi connectivity index (χ1) is 13.2. The number of nitrogens with one attached hydrogen (secondary N) is 1. The number of nitrogens with zero attached hydrogens (tertiary/aromatic N) is 3. The van der Waals surface area contributed by atoms with Gasteiger partial charge in [-0.3, -0.25) is 24.3 Å². The van der Waals surface area contributed by atoms with Crippen molar-refractivity contribution in [1.82, 2.24) is 9.55 Å². The van der Waals surface area contributed by atoms with E-state index >= 15 is 0 Å². The number of carbonyl (C=O) groups is 1. The second-order valence-corrected chi connectivity index (χ2v) is 8.48. The molecule has 0 aliphatic carbocycles.